The minimum Gasteiger partial charge on any atom is -0.493 e. The molecular weight excluding hydrogens is 240 g/mol. The van der Waals surface area contributed by atoms with Crippen LogP contribution in [0.25, 0.3) is 11.1 Å². The number of hydrogen-bond donors (Lipinski definition) is 0. The number of carbonyl (C=O) groups excluding carboxylic acids is 1. The quantitative estimate of drug-likeness (QED) is 0.773. The zero-order chi connectivity index (χ0) is 13.2. The summed E-state index contributed by atoms with van der Waals surface area (Å²) in [5.41, 5.74) is 3.92. The van der Waals surface area contributed by atoms with Crippen molar-refractivity contribution >= 4 is 5.97 Å². The van der Waals surface area contributed by atoms with Crippen LogP contribution in [0.1, 0.15) is 15.9 Å². The lowest BCUT2D eigenvalue weighted by Gasteiger charge is -2.08. The minimum absolute atomic E-state index is 0.314. The molecule has 0 aliphatic carbocycles. The number of hydrogen-bond acceptors (Lipinski definition) is 3. The predicted molar refractivity (Wildman–Crippen MR) is 72.4 cm³/mol. The molecule has 2 aromatic rings. The van der Waals surface area contributed by atoms with E-state index in [1.165, 1.54) is 12.7 Å². The first-order chi connectivity index (χ1) is 9.29. The second-order valence-electron chi connectivity index (χ2n) is 4.45. The Labute approximate surface area is 111 Å². The molecule has 0 saturated heterocycles. The second-order valence-corrected chi connectivity index (χ2v) is 4.45. The number of carbonyl (C=O) groups is 1. The van der Waals surface area contributed by atoms with Gasteiger partial charge in [0.2, 0.25) is 0 Å². The van der Waals surface area contributed by atoms with Crippen molar-refractivity contribution in [3.05, 3.63) is 53.6 Å². The highest BCUT2D eigenvalue weighted by Gasteiger charge is 2.17. The van der Waals surface area contributed by atoms with Crippen molar-refractivity contribution in [3.8, 4) is 16.9 Å². The molecule has 0 bridgehead atoms. The normalized spacial score (nSPS) is 12.7. The number of esters is 1. The van der Waals surface area contributed by atoms with Gasteiger partial charge in [0, 0.05) is 12.0 Å². The van der Waals surface area contributed by atoms with E-state index in [2.05, 4.69) is 6.07 Å². The van der Waals surface area contributed by atoms with Crippen LogP contribution in [-0.2, 0) is 11.2 Å². The molecule has 0 radical (unpaired) electrons. The second kappa shape index (κ2) is 4.76. The summed E-state index contributed by atoms with van der Waals surface area (Å²) < 4.78 is 10.3. The summed E-state index contributed by atoms with van der Waals surface area (Å²) in [6.45, 7) is 0.725. The van der Waals surface area contributed by atoms with E-state index in [-0.39, 0.29) is 5.97 Å². The van der Waals surface area contributed by atoms with Gasteiger partial charge in [-0.05, 0) is 29.3 Å². The van der Waals surface area contributed by atoms with Crippen LogP contribution in [0.2, 0.25) is 0 Å². The summed E-state index contributed by atoms with van der Waals surface area (Å²) >= 11 is 0. The number of benzene rings is 2. The SMILES string of the molecule is COC(=O)c1cccc(-c2cccc3c2CCO3)c1. The topological polar surface area (TPSA) is 35.5 Å². The molecule has 0 atom stereocenters. The van der Waals surface area contributed by atoms with Crippen LogP contribution in [-0.4, -0.2) is 19.7 Å². The summed E-state index contributed by atoms with van der Waals surface area (Å²) in [6, 6.07) is 13.5. The number of methoxy groups -OCH3 is 1. The van der Waals surface area contributed by atoms with Crippen molar-refractivity contribution in [1.82, 2.24) is 0 Å². The Kier molecular flexibility index (Phi) is 2.95. The standard InChI is InChI=1S/C16H14O3/c1-18-16(17)12-5-2-4-11(10-12)13-6-3-7-15-14(13)8-9-19-15/h2-7,10H,8-9H2,1H3. The van der Waals surface area contributed by atoms with Crippen LogP contribution in [0.4, 0.5) is 0 Å². The Bertz CT molecular complexity index is 632. The smallest absolute Gasteiger partial charge is 0.337 e. The van der Waals surface area contributed by atoms with E-state index >= 15 is 0 Å². The van der Waals surface area contributed by atoms with Crippen LogP contribution < -0.4 is 4.74 Å². The van der Waals surface area contributed by atoms with Gasteiger partial charge in [-0.3, -0.25) is 0 Å². The zero-order valence-electron chi connectivity index (χ0n) is 10.7. The van der Waals surface area contributed by atoms with E-state index in [0.29, 0.717) is 5.56 Å². The van der Waals surface area contributed by atoms with Gasteiger partial charge in [-0.15, -0.1) is 0 Å². The Balaban J connectivity index is 2.08. The third-order valence-corrected chi connectivity index (χ3v) is 3.34. The van der Waals surface area contributed by atoms with Gasteiger partial charge in [0.15, 0.2) is 0 Å². The average Bonchev–Trinajstić information content (AvgIpc) is 2.94. The Morgan fingerprint density at radius 1 is 1.21 bits per heavy atom. The van der Waals surface area contributed by atoms with Gasteiger partial charge >= 0.3 is 5.97 Å². The molecule has 1 aliphatic heterocycles. The lowest BCUT2D eigenvalue weighted by atomic mass is 9.97. The Hall–Kier alpha value is -2.29. The molecule has 0 spiro atoms. The van der Waals surface area contributed by atoms with E-state index in [1.54, 1.807) is 6.07 Å². The molecule has 0 unspecified atom stereocenters. The highest BCUT2D eigenvalue weighted by molar-refractivity contribution is 5.91. The molecule has 1 heterocycles. The molecule has 0 amide bonds. The maximum Gasteiger partial charge on any atom is 0.337 e. The fourth-order valence-electron chi connectivity index (χ4n) is 2.42. The van der Waals surface area contributed by atoms with Gasteiger partial charge < -0.3 is 9.47 Å². The van der Waals surface area contributed by atoms with E-state index < -0.39 is 0 Å². The zero-order valence-corrected chi connectivity index (χ0v) is 10.7. The molecule has 3 nitrogen and oxygen atoms in total. The molecule has 1 aliphatic rings. The van der Waals surface area contributed by atoms with Gasteiger partial charge in [-0.2, -0.15) is 0 Å². The third-order valence-electron chi connectivity index (χ3n) is 3.34. The molecule has 0 saturated carbocycles. The highest BCUT2D eigenvalue weighted by atomic mass is 16.5. The highest BCUT2D eigenvalue weighted by Crippen LogP contribution is 2.34. The molecule has 0 N–H and O–H groups in total. The molecular formula is C16H14O3. The summed E-state index contributed by atoms with van der Waals surface area (Å²) in [4.78, 5) is 11.6. The van der Waals surface area contributed by atoms with Gasteiger partial charge in [-0.25, -0.2) is 4.79 Å². The van der Waals surface area contributed by atoms with Gasteiger partial charge in [0.05, 0.1) is 19.3 Å². The predicted octanol–water partition coefficient (Wildman–Crippen LogP) is 3.08. The first kappa shape index (κ1) is 11.8. The van der Waals surface area contributed by atoms with Crippen molar-refractivity contribution < 1.29 is 14.3 Å². The van der Waals surface area contributed by atoms with Crippen LogP contribution in [0.3, 0.4) is 0 Å². The number of fused-ring (bicyclic) bond motifs is 1. The van der Waals surface area contributed by atoms with Crippen molar-refractivity contribution in [3.63, 3.8) is 0 Å². The molecule has 0 fully saturated rings. The van der Waals surface area contributed by atoms with Gasteiger partial charge in [-0.1, -0.05) is 24.3 Å². The van der Waals surface area contributed by atoms with Crippen LogP contribution in [0.5, 0.6) is 5.75 Å². The first-order valence-electron chi connectivity index (χ1n) is 6.23. The molecule has 96 valence electrons. The van der Waals surface area contributed by atoms with E-state index in [4.69, 9.17) is 9.47 Å². The molecule has 19 heavy (non-hydrogen) atoms. The van der Waals surface area contributed by atoms with Crippen LogP contribution >= 0.6 is 0 Å². The van der Waals surface area contributed by atoms with Crippen molar-refractivity contribution in [2.75, 3.05) is 13.7 Å². The Morgan fingerprint density at radius 2 is 2.05 bits per heavy atom. The van der Waals surface area contributed by atoms with Gasteiger partial charge in [0.1, 0.15) is 5.75 Å². The van der Waals surface area contributed by atoms with Crippen LogP contribution in [0, 0.1) is 0 Å². The van der Waals surface area contributed by atoms with E-state index in [1.807, 2.05) is 30.3 Å². The monoisotopic (exact) mass is 254 g/mol. The maximum absolute atomic E-state index is 11.6. The summed E-state index contributed by atoms with van der Waals surface area (Å²) in [5.74, 6) is 0.631. The molecule has 3 rings (SSSR count). The van der Waals surface area contributed by atoms with Crippen molar-refractivity contribution in [2.45, 2.75) is 6.42 Å². The van der Waals surface area contributed by atoms with Gasteiger partial charge in [0.25, 0.3) is 0 Å². The maximum atomic E-state index is 11.6. The number of ether oxygens (including phenoxy) is 2. The Morgan fingerprint density at radius 3 is 2.89 bits per heavy atom. The summed E-state index contributed by atoms with van der Waals surface area (Å²) in [5, 5.41) is 0. The number of rotatable bonds is 2. The van der Waals surface area contributed by atoms with Crippen molar-refractivity contribution in [2.24, 2.45) is 0 Å². The van der Waals surface area contributed by atoms with Crippen LogP contribution in [0.15, 0.2) is 42.5 Å². The van der Waals surface area contributed by atoms with E-state index in [0.717, 1.165) is 29.9 Å². The summed E-state index contributed by atoms with van der Waals surface area (Å²) in [6.07, 6.45) is 0.911. The third kappa shape index (κ3) is 2.08. The summed E-state index contributed by atoms with van der Waals surface area (Å²) in [7, 11) is 1.39. The van der Waals surface area contributed by atoms with E-state index in [9.17, 15) is 4.79 Å². The lowest BCUT2D eigenvalue weighted by Crippen LogP contribution is -2.01. The average molecular weight is 254 g/mol. The molecule has 2 aromatic carbocycles. The fraction of sp³-hybridized carbons (Fsp3) is 0.188. The van der Waals surface area contributed by atoms with Crippen molar-refractivity contribution in [1.29, 1.82) is 0 Å². The fourth-order valence-corrected chi connectivity index (χ4v) is 2.42. The molecule has 0 aromatic heterocycles. The molecule has 3 heteroatoms. The first-order valence-corrected chi connectivity index (χ1v) is 6.23. The largest absolute Gasteiger partial charge is 0.493 e. The lowest BCUT2D eigenvalue weighted by molar-refractivity contribution is 0.0601. The minimum atomic E-state index is -0.314.